The molecule has 0 amide bonds. The molecule has 5 aromatic rings. The summed E-state index contributed by atoms with van der Waals surface area (Å²) in [6, 6.07) is 8.95. The number of benzene rings is 1. The first-order valence-corrected chi connectivity index (χ1v) is 11.5. The highest BCUT2D eigenvalue weighted by molar-refractivity contribution is 5.77. The Morgan fingerprint density at radius 1 is 1.08 bits per heavy atom. The molecule has 0 unspecified atom stereocenters. The van der Waals surface area contributed by atoms with Crippen molar-refractivity contribution in [3.8, 4) is 23.0 Å². The molecule has 0 spiro atoms. The van der Waals surface area contributed by atoms with Gasteiger partial charge in [0.25, 0.3) is 6.43 Å². The van der Waals surface area contributed by atoms with Crippen LogP contribution >= 0.6 is 0 Å². The van der Waals surface area contributed by atoms with Crippen LogP contribution in [0.1, 0.15) is 47.8 Å². The fraction of sp³-hybridized carbons (Fsp3) is 0.280. The lowest BCUT2D eigenvalue weighted by atomic mass is 10.1. The molecule has 1 aliphatic carbocycles. The van der Waals surface area contributed by atoms with Crippen molar-refractivity contribution in [1.82, 2.24) is 39.5 Å². The van der Waals surface area contributed by atoms with Crippen molar-refractivity contribution in [3.63, 3.8) is 0 Å². The Balaban J connectivity index is 1.32. The average molecular weight is 489 g/mol. The highest BCUT2D eigenvalue weighted by Gasteiger charge is 2.31. The summed E-state index contributed by atoms with van der Waals surface area (Å²) in [5.41, 5.74) is 4.41. The van der Waals surface area contributed by atoms with Gasteiger partial charge in [-0.05, 0) is 43.5 Å². The van der Waals surface area contributed by atoms with Gasteiger partial charge in [-0.2, -0.15) is 10.2 Å². The summed E-state index contributed by atoms with van der Waals surface area (Å²) in [5.74, 6) is 1.33. The molecule has 1 fully saturated rings. The summed E-state index contributed by atoms with van der Waals surface area (Å²) in [7, 11) is 1.58. The molecular formula is C25H22F2N8O. The van der Waals surface area contributed by atoms with Gasteiger partial charge in [0.1, 0.15) is 17.6 Å². The van der Waals surface area contributed by atoms with Crippen LogP contribution in [0.25, 0.3) is 28.1 Å². The number of alkyl halides is 2. The second-order valence-corrected chi connectivity index (χ2v) is 8.78. The first-order chi connectivity index (χ1) is 17.5. The predicted molar refractivity (Wildman–Crippen MR) is 127 cm³/mol. The average Bonchev–Trinajstić information content (AvgIpc) is 3.56. The van der Waals surface area contributed by atoms with Crippen molar-refractivity contribution >= 4 is 11.0 Å². The van der Waals surface area contributed by atoms with Crippen LogP contribution in [0, 0.1) is 6.92 Å². The summed E-state index contributed by atoms with van der Waals surface area (Å²) in [6.07, 6.45) is 4.53. The SMILES string of the molecule is COc1ncnc(C2CC2)c1-c1ncc2cnn(Cc3ccc(-n4nc(C(F)F)cc4C)cc3)c2n1. The van der Waals surface area contributed by atoms with E-state index in [4.69, 9.17) is 9.72 Å². The Kier molecular flexibility index (Phi) is 5.39. The third-order valence-electron chi connectivity index (χ3n) is 6.24. The van der Waals surface area contributed by atoms with E-state index in [1.54, 1.807) is 31.1 Å². The van der Waals surface area contributed by atoms with Crippen molar-refractivity contribution in [1.29, 1.82) is 0 Å². The minimum Gasteiger partial charge on any atom is -0.480 e. The van der Waals surface area contributed by atoms with Crippen molar-refractivity contribution in [2.24, 2.45) is 0 Å². The Morgan fingerprint density at radius 2 is 1.89 bits per heavy atom. The molecule has 0 bridgehead atoms. The van der Waals surface area contributed by atoms with Gasteiger partial charge in [0.15, 0.2) is 11.5 Å². The largest absolute Gasteiger partial charge is 0.480 e. The van der Waals surface area contributed by atoms with E-state index in [2.05, 4.69) is 25.1 Å². The number of aromatic nitrogens is 8. The lowest BCUT2D eigenvalue weighted by Gasteiger charge is -2.11. The molecule has 0 atom stereocenters. The number of methoxy groups -OCH3 is 1. The van der Waals surface area contributed by atoms with E-state index in [-0.39, 0.29) is 5.69 Å². The predicted octanol–water partition coefficient (Wildman–Crippen LogP) is 4.65. The monoisotopic (exact) mass is 488 g/mol. The van der Waals surface area contributed by atoms with Crippen LogP contribution in [0.2, 0.25) is 0 Å². The number of fused-ring (bicyclic) bond motifs is 1. The topological polar surface area (TPSA) is 96.4 Å². The number of hydrogen-bond donors (Lipinski definition) is 0. The van der Waals surface area contributed by atoms with Crippen LogP contribution < -0.4 is 4.74 Å². The van der Waals surface area contributed by atoms with Crippen molar-refractivity contribution in [3.05, 3.63) is 71.7 Å². The van der Waals surface area contributed by atoms with E-state index >= 15 is 0 Å². The minimum absolute atomic E-state index is 0.236. The molecule has 1 aliphatic rings. The van der Waals surface area contributed by atoms with Crippen LogP contribution in [-0.2, 0) is 6.54 Å². The molecule has 0 saturated heterocycles. The second kappa shape index (κ2) is 8.74. The Bertz CT molecular complexity index is 1560. The number of ether oxygens (including phenoxy) is 1. The minimum atomic E-state index is -2.60. The molecule has 0 N–H and O–H groups in total. The summed E-state index contributed by atoms with van der Waals surface area (Å²) >= 11 is 0. The third-order valence-corrected chi connectivity index (χ3v) is 6.24. The maximum absolute atomic E-state index is 13.0. The Hall–Kier alpha value is -4.28. The van der Waals surface area contributed by atoms with E-state index in [9.17, 15) is 8.78 Å². The molecule has 182 valence electrons. The molecule has 4 aromatic heterocycles. The second-order valence-electron chi connectivity index (χ2n) is 8.78. The van der Waals surface area contributed by atoms with Gasteiger partial charge in [0, 0.05) is 17.8 Å². The van der Waals surface area contributed by atoms with E-state index in [1.807, 2.05) is 24.3 Å². The zero-order chi connectivity index (χ0) is 24.8. The number of hydrogen-bond acceptors (Lipinski definition) is 7. The van der Waals surface area contributed by atoms with E-state index in [0.717, 1.165) is 35.0 Å². The zero-order valence-corrected chi connectivity index (χ0v) is 19.6. The van der Waals surface area contributed by atoms with Gasteiger partial charge in [-0.15, -0.1) is 0 Å². The highest BCUT2D eigenvalue weighted by atomic mass is 19.3. The molecule has 1 aromatic carbocycles. The smallest absolute Gasteiger partial charge is 0.282 e. The van der Waals surface area contributed by atoms with Gasteiger partial charge in [0.2, 0.25) is 5.88 Å². The van der Waals surface area contributed by atoms with Gasteiger partial charge in [-0.1, -0.05) is 12.1 Å². The molecule has 0 aliphatic heterocycles. The van der Waals surface area contributed by atoms with E-state index in [0.29, 0.717) is 41.2 Å². The van der Waals surface area contributed by atoms with Gasteiger partial charge >= 0.3 is 0 Å². The number of halogens is 2. The molecule has 36 heavy (non-hydrogen) atoms. The number of nitrogens with zero attached hydrogens (tertiary/aromatic N) is 8. The molecule has 0 radical (unpaired) electrons. The molecule has 6 rings (SSSR count). The normalized spacial score (nSPS) is 13.6. The molecule has 1 saturated carbocycles. The Labute approximate surface area is 204 Å². The van der Waals surface area contributed by atoms with E-state index < -0.39 is 6.43 Å². The molecule has 11 heteroatoms. The van der Waals surface area contributed by atoms with E-state index in [1.165, 1.54) is 17.1 Å². The van der Waals surface area contributed by atoms with Crippen LogP contribution in [0.3, 0.4) is 0 Å². The maximum atomic E-state index is 13.0. The van der Waals surface area contributed by atoms with Gasteiger partial charge in [-0.25, -0.2) is 38.1 Å². The number of rotatable bonds is 7. The first kappa shape index (κ1) is 22.2. The molecule has 9 nitrogen and oxygen atoms in total. The number of aryl methyl sites for hydroxylation is 1. The summed E-state index contributed by atoms with van der Waals surface area (Å²) in [4.78, 5) is 18.1. The fourth-order valence-electron chi connectivity index (χ4n) is 4.30. The van der Waals surface area contributed by atoms with Gasteiger partial charge in [0.05, 0.1) is 36.6 Å². The Morgan fingerprint density at radius 3 is 2.58 bits per heavy atom. The third kappa shape index (κ3) is 3.96. The first-order valence-electron chi connectivity index (χ1n) is 11.5. The quantitative estimate of drug-likeness (QED) is 0.329. The fourth-order valence-corrected chi connectivity index (χ4v) is 4.30. The lowest BCUT2D eigenvalue weighted by molar-refractivity contribution is 0.145. The molecular weight excluding hydrogens is 466 g/mol. The highest BCUT2D eigenvalue weighted by Crippen LogP contribution is 2.44. The van der Waals surface area contributed by atoms with Crippen LogP contribution in [0.5, 0.6) is 5.88 Å². The van der Waals surface area contributed by atoms with Gasteiger partial charge in [-0.3, -0.25) is 0 Å². The summed E-state index contributed by atoms with van der Waals surface area (Å²) in [5, 5.41) is 9.33. The summed E-state index contributed by atoms with van der Waals surface area (Å²) < 4.78 is 34.8. The lowest BCUT2D eigenvalue weighted by Crippen LogP contribution is -2.06. The van der Waals surface area contributed by atoms with Crippen LogP contribution in [-0.4, -0.2) is 46.6 Å². The van der Waals surface area contributed by atoms with Gasteiger partial charge < -0.3 is 4.74 Å². The van der Waals surface area contributed by atoms with Crippen LogP contribution in [0.4, 0.5) is 8.78 Å². The summed E-state index contributed by atoms with van der Waals surface area (Å²) in [6.45, 7) is 2.22. The molecule has 4 heterocycles. The van der Waals surface area contributed by atoms with Crippen molar-refractivity contribution < 1.29 is 13.5 Å². The van der Waals surface area contributed by atoms with Crippen molar-refractivity contribution in [2.75, 3.05) is 7.11 Å². The standard InChI is InChI=1S/C25H22F2N8O/c1-14-9-19(22(26)27)33-35(14)18-7-3-15(4-8-18)12-34-24-17(11-31-34)10-28-23(32-24)20-21(16-5-6-16)29-13-30-25(20)36-2/h3-4,7-11,13,16,22H,5-6,12H2,1-2H3. The van der Waals surface area contributed by atoms with Crippen LogP contribution in [0.15, 0.2) is 49.1 Å². The zero-order valence-electron chi connectivity index (χ0n) is 19.6. The van der Waals surface area contributed by atoms with Crippen molar-refractivity contribution in [2.45, 2.75) is 38.7 Å². The maximum Gasteiger partial charge on any atom is 0.282 e.